The van der Waals surface area contributed by atoms with Crippen molar-refractivity contribution < 1.29 is 4.42 Å². The zero-order valence-electron chi connectivity index (χ0n) is 7.82. The summed E-state index contributed by atoms with van der Waals surface area (Å²) in [6.45, 7) is 2.65. The van der Waals surface area contributed by atoms with E-state index in [4.69, 9.17) is 15.9 Å². The number of hydrogen-bond acceptors (Lipinski definition) is 3. The first kappa shape index (κ1) is 12.5. The molecule has 0 saturated heterocycles. The third-order valence-electron chi connectivity index (χ3n) is 1.87. The number of aryl methyl sites for hydroxylation is 1. The average molecular weight is 205 g/mol. The molecule has 1 aromatic heterocycles. The maximum atomic E-state index is 5.80. The van der Waals surface area contributed by atoms with Crippen molar-refractivity contribution in [1.29, 1.82) is 0 Å². The first-order chi connectivity index (χ1) is 5.77. The van der Waals surface area contributed by atoms with Gasteiger partial charge in [0.15, 0.2) is 0 Å². The topological polar surface area (TPSA) is 65.2 Å². The third-order valence-corrected chi connectivity index (χ3v) is 1.87. The predicted octanol–water partition coefficient (Wildman–Crippen LogP) is 1.61. The smallest absolute Gasteiger partial charge is 0.120 e. The minimum absolute atomic E-state index is 0. The molecule has 76 valence electrons. The first-order valence-electron chi connectivity index (χ1n) is 4.32. The Balaban J connectivity index is 0.00000144. The second-order valence-electron chi connectivity index (χ2n) is 2.84. The molecule has 1 rings (SSSR count). The molecule has 0 unspecified atom stereocenters. The quantitative estimate of drug-likeness (QED) is 0.783. The molecule has 0 aromatic carbocycles. The van der Waals surface area contributed by atoms with Crippen LogP contribution in [0.2, 0.25) is 0 Å². The molecule has 13 heavy (non-hydrogen) atoms. The molecule has 1 aromatic rings. The highest BCUT2D eigenvalue weighted by atomic mass is 35.5. The van der Waals surface area contributed by atoms with E-state index in [1.54, 1.807) is 0 Å². The molecule has 4 N–H and O–H groups in total. The van der Waals surface area contributed by atoms with Crippen LogP contribution >= 0.6 is 12.4 Å². The third kappa shape index (κ3) is 3.38. The van der Waals surface area contributed by atoms with E-state index in [1.807, 2.05) is 12.1 Å². The highest BCUT2D eigenvalue weighted by Crippen LogP contribution is 2.16. The minimum atomic E-state index is -0.0460. The van der Waals surface area contributed by atoms with Crippen LogP contribution in [0.25, 0.3) is 0 Å². The van der Waals surface area contributed by atoms with Gasteiger partial charge < -0.3 is 15.9 Å². The summed E-state index contributed by atoms with van der Waals surface area (Å²) in [5.41, 5.74) is 11.2. The van der Waals surface area contributed by atoms with Crippen molar-refractivity contribution in [2.75, 3.05) is 6.54 Å². The maximum absolute atomic E-state index is 5.80. The zero-order valence-corrected chi connectivity index (χ0v) is 8.64. The zero-order chi connectivity index (χ0) is 8.97. The Kier molecular flexibility index (Phi) is 5.79. The van der Waals surface area contributed by atoms with Gasteiger partial charge in [-0.15, -0.1) is 12.4 Å². The van der Waals surface area contributed by atoms with Gasteiger partial charge in [-0.1, -0.05) is 6.92 Å². The van der Waals surface area contributed by atoms with Crippen LogP contribution in [0.15, 0.2) is 16.5 Å². The molecule has 0 aliphatic carbocycles. The van der Waals surface area contributed by atoms with Crippen molar-refractivity contribution in [1.82, 2.24) is 0 Å². The standard InChI is InChI=1S/C9H16N2O.ClH/c1-2-7-3-4-9(12-7)8(11)5-6-10;/h3-4,8H,2,5-6,10-11H2,1H3;1H/t8-;/m1./s1. The Hall–Kier alpha value is -0.510. The van der Waals surface area contributed by atoms with Gasteiger partial charge in [0.25, 0.3) is 0 Å². The van der Waals surface area contributed by atoms with E-state index in [0.29, 0.717) is 6.54 Å². The monoisotopic (exact) mass is 204 g/mol. The van der Waals surface area contributed by atoms with Crippen LogP contribution < -0.4 is 11.5 Å². The van der Waals surface area contributed by atoms with E-state index < -0.39 is 0 Å². The van der Waals surface area contributed by atoms with Gasteiger partial charge >= 0.3 is 0 Å². The van der Waals surface area contributed by atoms with Gasteiger partial charge in [0.1, 0.15) is 11.5 Å². The molecular weight excluding hydrogens is 188 g/mol. The maximum Gasteiger partial charge on any atom is 0.120 e. The lowest BCUT2D eigenvalue weighted by molar-refractivity contribution is 0.427. The van der Waals surface area contributed by atoms with Crippen molar-refractivity contribution in [3.8, 4) is 0 Å². The van der Waals surface area contributed by atoms with Crippen LogP contribution in [0.4, 0.5) is 0 Å². The lowest BCUT2D eigenvalue weighted by atomic mass is 10.2. The number of hydrogen-bond donors (Lipinski definition) is 2. The first-order valence-corrected chi connectivity index (χ1v) is 4.32. The molecule has 4 heteroatoms. The van der Waals surface area contributed by atoms with Crippen LogP contribution in [0.1, 0.15) is 30.9 Å². The van der Waals surface area contributed by atoms with Crippen molar-refractivity contribution in [2.45, 2.75) is 25.8 Å². The molecule has 1 heterocycles. The summed E-state index contributed by atoms with van der Waals surface area (Å²) >= 11 is 0. The molecule has 0 fully saturated rings. The van der Waals surface area contributed by atoms with Crippen LogP contribution in [0.5, 0.6) is 0 Å². The molecule has 0 radical (unpaired) electrons. The summed E-state index contributed by atoms with van der Waals surface area (Å²) in [6.07, 6.45) is 1.69. The molecule has 0 amide bonds. The Morgan fingerprint density at radius 1 is 1.46 bits per heavy atom. The van der Waals surface area contributed by atoms with Crippen LogP contribution in [-0.4, -0.2) is 6.54 Å². The lowest BCUT2D eigenvalue weighted by Crippen LogP contribution is -2.14. The molecule has 0 aliphatic heterocycles. The van der Waals surface area contributed by atoms with Crippen LogP contribution in [0.3, 0.4) is 0 Å². The minimum Gasteiger partial charge on any atom is -0.464 e. The highest BCUT2D eigenvalue weighted by Gasteiger charge is 2.08. The summed E-state index contributed by atoms with van der Waals surface area (Å²) in [4.78, 5) is 0. The van der Waals surface area contributed by atoms with Crippen LogP contribution in [0, 0.1) is 0 Å². The number of rotatable bonds is 4. The molecule has 3 nitrogen and oxygen atoms in total. The lowest BCUT2D eigenvalue weighted by Gasteiger charge is -2.05. The Morgan fingerprint density at radius 2 is 2.15 bits per heavy atom. The van der Waals surface area contributed by atoms with Crippen molar-refractivity contribution in [3.63, 3.8) is 0 Å². The van der Waals surface area contributed by atoms with Gasteiger partial charge in [-0.3, -0.25) is 0 Å². The largest absolute Gasteiger partial charge is 0.464 e. The van der Waals surface area contributed by atoms with Crippen LogP contribution in [-0.2, 0) is 6.42 Å². The highest BCUT2D eigenvalue weighted by molar-refractivity contribution is 5.85. The van der Waals surface area contributed by atoms with Gasteiger partial charge in [0.2, 0.25) is 0 Å². The predicted molar refractivity (Wildman–Crippen MR) is 55.9 cm³/mol. The van der Waals surface area contributed by atoms with Gasteiger partial charge in [0, 0.05) is 6.42 Å². The molecule has 0 bridgehead atoms. The van der Waals surface area contributed by atoms with E-state index in [2.05, 4.69) is 6.92 Å². The number of furan rings is 1. The summed E-state index contributed by atoms with van der Waals surface area (Å²) in [6, 6.07) is 3.85. The molecular formula is C9H17ClN2O. The van der Waals surface area contributed by atoms with Crippen molar-refractivity contribution in [2.24, 2.45) is 11.5 Å². The molecule has 0 spiro atoms. The molecule has 0 aliphatic rings. The number of nitrogens with two attached hydrogens (primary N) is 2. The van der Waals surface area contributed by atoms with E-state index >= 15 is 0 Å². The van der Waals surface area contributed by atoms with Gasteiger partial charge in [-0.2, -0.15) is 0 Å². The normalized spacial score (nSPS) is 12.2. The Bertz CT molecular complexity index is 237. The van der Waals surface area contributed by atoms with Gasteiger partial charge in [-0.05, 0) is 25.1 Å². The van der Waals surface area contributed by atoms with E-state index in [0.717, 1.165) is 24.4 Å². The Labute approximate surface area is 84.9 Å². The fourth-order valence-electron chi connectivity index (χ4n) is 1.11. The van der Waals surface area contributed by atoms with E-state index in [9.17, 15) is 0 Å². The summed E-state index contributed by atoms with van der Waals surface area (Å²) in [5.74, 6) is 1.83. The second kappa shape index (κ2) is 6.02. The molecule has 1 atom stereocenters. The summed E-state index contributed by atoms with van der Waals surface area (Å²) in [7, 11) is 0. The molecule has 0 saturated carbocycles. The second-order valence-corrected chi connectivity index (χ2v) is 2.84. The van der Waals surface area contributed by atoms with Gasteiger partial charge in [-0.25, -0.2) is 0 Å². The Morgan fingerprint density at radius 3 is 2.62 bits per heavy atom. The van der Waals surface area contributed by atoms with Gasteiger partial charge in [0.05, 0.1) is 6.04 Å². The fraction of sp³-hybridized carbons (Fsp3) is 0.556. The van der Waals surface area contributed by atoms with Crippen molar-refractivity contribution in [3.05, 3.63) is 23.7 Å². The SMILES string of the molecule is CCc1ccc([C@H](N)CCN)o1.Cl. The number of halogens is 1. The fourth-order valence-corrected chi connectivity index (χ4v) is 1.11. The summed E-state index contributed by atoms with van der Waals surface area (Å²) in [5, 5.41) is 0. The average Bonchev–Trinajstić information content (AvgIpc) is 2.52. The van der Waals surface area contributed by atoms with E-state index in [-0.39, 0.29) is 18.4 Å². The summed E-state index contributed by atoms with van der Waals surface area (Å²) < 4.78 is 5.47. The van der Waals surface area contributed by atoms with E-state index in [1.165, 1.54) is 0 Å². The van der Waals surface area contributed by atoms with Crippen molar-refractivity contribution >= 4 is 12.4 Å².